The molecule has 1 aromatic rings. The highest BCUT2D eigenvalue weighted by Gasteiger charge is 2.18. The van der Waals surface area contributed by atoms with Gasteiger partial charge in [-0.3, -0.25) is 0 Å². The first-order valence-electron chi connectivity index (χ1n) is 5.63. The van der Waals surface area contributed by atoms with Crippen LogP contribution in [0, 0.1) is 0 Å². The molecule has 1 aliphatic rings. The van der Waals surface area contributed by atoms with E-state index in [1.54, 1.807) is 9.75 Å². The molecule has 0 atom stereocenters. The zero-order chi connectivity index (χ0) is 9.80. The minimum absolute atomic E-state index is 0.892. The number of likely N-dealkylation sites (N-methyl/N-ethyl adjacent to an activating group) is 1. The molecule has 0 aliphatic heterocycles. The van der Waals surface area contributed by atoms with Gasteiger partial charge in [0.2, 0.25) is 0 Å². The Labute approximate surface area is 90.5 Å². The van der Waals surface area contributed by atoms with Crippen molar-refractivity contribution in [1.29, 1.82) is 0 Å². The Balaban J connectivity index is 1.94. The molecule has 2 heteroatoms. The van der Waals surface area contributed by atoms with Crippen molar-refractivity contribution in [2.75, 3.05) is 13.6 Å². The summed E-state index contributed by atoms with van der Waals surface area (Å²) in [5.74, 6) is 0.892. The SMILES string of the molecule is CNCCc1ccc(C2CCCC2)s1. The van der Waals surface area contributed by atoms with Crippen molar-refractivity contribution in [3.63, 3.8) is 0 Å². The van der Waals surface area contributed by atoms with Gasteiger partial charge in [0.15, 0.2) is 0 Å². The highest BCUT2D eigenvalue weighted by atomic mass is 32.1. The van der Waals surface area contributed by atoms with Gasteiger partial charge in [-0.2, -0.15) is 0 Å². The summed E-state index contributed by atoms with van der Waals surface area (Å²) in [5.41, 5.74) is 0. The molecule has 1 N–H and O–H groups in total. The van der Waals surface area contributed by atoms with Crippen LogP contribution in [0.1, 0.15) is 41.4 Å². The summed E-state index contributed by atoms with van der Waals surface area (Å²) >= 11 is 2.03. The molecular formula is C12H19NS. The lowest BCUT2D eigenvalue weighted by Gasteiger charge is -2.04. The standard InChI is InChI=1S/C12H19NS/c1-13-9-8-11-6-7-12(14-11)10-4-2-3-5-10/h6-7,10,13H,2-5,8-9H2,1H3. The lowest BCUT2D eigenvalue weighted by atomic mass is 10.1. The topological polar surface area (TPSA) is 12.0 Å². The molecule has 2 rings (SSSR count). The molecule has 1 fully saturated rings. The highest BCUT2D eigenvalue weighted by molar-refractivity contribution is 7.12. The fourth-order valence-corrected chi connectivity index (χ4v) is 3.39. The largest absolute Gasteiger partial charge is 0.319 e. The van der Waals surface area contributed by atoms with E-state index in [-0.39, 0.29) is 0 Å². The molecule has 1 heterocycles. The summed E-state index contributed by atoms with van der Waals surface area (Å²) in [6.07, 6.45) is 6.91. The van der Waals surface area contributed by atoms with Crippen LogP contribution in [0.3, 0.4) is 0 Å². The Kier molecular flexibility index (Phi) is 3.60. The second-order valence-electron chi connectivity index (χ2n) is 4.14. The zero-order valence-electron chi connectivity index (χ0n) is 8.88. The van der Waals surface area contributed by atoms with Crippen LogP contribution in [-0.4, -0.2) is 13.6 Å². The van der Waals surface area contributed by atoms with E-state index in [0.717, 1.165) is 12.5 Å². The molecule has 1 saturated carbocycles. The van der Waals surface area contributed by atoms with Gasteiger partial charge in [0.05, 0.1) is 0 Å². The van der Waals surface area contributed by atoms with Crippen LogP contribution in [-0.2, 0) is 6.42 Å². The smallest absolute Gasteiger partial charge is 0.00791 e. The number of hydrogen-bond donors (Lipinski definition) is 1. The monoisotopic (exact) mass is 209 g/mol. The molecular weight excluding hydrogens is 190 g/mol. The molecule has 0 saturated heterocycles. The number of rotatable bonds is 4. The fraction of sp³-hybridized carbons (Fsp3) is 0.667. The second kappa shape index (κ2) is 4.94. The van der Waals surface area contributed by atoms with Crippen LogP contribution >= 0.6 is 11.3 Å². The molecule has 0 unspecified atom stereocenters. The van der Waals surface area contributed by atoms with Crippen molar-refractivity contribution in [3.8, 4) is 0 Å². The van der Waals surface area contributed by atoms with E-state index < -0.39 is 0 Å². The average molecular weight is 209 g/mol. The third-order valence-corrected chi connectivity index (χ3v) is 4.37. The van der Waals surface area contributed by atoms with Crippen LogP contribution in [0.15, 0.2) is 12.1 Å². The van der Waals surface area contributed by atoms with Gasteiger partial charge in [0.1, 0.15) is 0 Å². The Morgan fingerprint density at radius 2 is 2.14 bits per heavy atom. The molecule has 1 aliphatic carbocycles. The summed E-state index contributed by atoms with van der Waals surface area (Å²) in [5, 5.41) is 3.20. The van der Waals surface area contributed by atoms with E-state index >= 15 is 0 Å². The maximum absolute atomic E-state index is 3.20. The molecule has 0 aromatic carbocycles. The van der Waals surface area contributed by atoms with E-state index in [2.05, 4.69) is 17.4 Å². The second-order valence-corrected chi connectivity index (χ2v) is 5.34. The molecule has 0 spiro atoms. The molecule has 1 aromatic heterocycles. The van der Waals surface area contributed by atoms with Gasteiger partial charge in [-0.1, -0.05) is 12.8 Å². The van der Waals surface area contributed by atoms with E-state index in [1.807, 2.05) is 18.4 Å². The number of nitrogens with one attached hydrogen (secondary N) is 1. The van der Waals surface area contributed by atoms with E-state index in [0.29, 0.717) is 0 Å². The number of thiophene rings is 1. The van der Waals surface area contributed by atoms with E-state index in [1.165, 1.54) is 32.1 Å². The van der Waals surface area contributed by atoms with Crippen molar-refractivity contribution in [3.05, 3.63) is 21.9 Å². The molecule has 0 radical (unpaired) electrons. The summed E-state index contributed by atoms with van der Waals surface area (Å²) in [7, 11) is 2.02. The van der Waals surface area contributed by atoms with Crippen LogP contribution in [0.4, 0.5) is 0 Å². The minimum atomic E-state index is 0.892. The van der Waals surface area contributed by atoms with E-state index in [9.17, 15) is 0 Å². The maximum Gasteiger partial charge on any atom is 0.00791 e. The van der Waals surface area contributed by atoms with Gasteiger partial charge in [0, 0.05) is 9.75 Å². The quantitative estimate of drug-likeness (QED) is 0.803. The van der Waals surface area contributed by atoms with Crippen molar-refractivity contribution >= 4 is 11.3 Å². The lowest BCUT2D eigenvalue weighted by molar-refractivity contribution is 0.738. The van der Waals surface area contributed by atoms with E-state index in [4.69, 9.17) is 0 Å². The van der Waals surface area contributed by atoms with Gasteiger partial charge in [-0.25, -0.2) is 0 Å². The molecule has 0 bridgehead atoms. The maximum atomic E-state index is 3.20. The van der Waals surface area contributed by atoms with Crippen LogP contribution < -0.4 is 5.32 Å². The Hall–Kier alpha value is -0.340. The Morgan fingerprint density at radius 1 is 1.36 bits per heavy atom. The Bertz CT molecular complexity index is 274. The third kappa shape index (κ3) is 2.37. The summed E-state index contributed by atoms with van der Waals surface area (Å²) in [6.45, 7) is 1.10. The first-order valence-corrected chi connectivity index (χ1v) is 6.45. The summed E-state index contributed by atoms with van der Waals surface area (Å²) in [6, 6.07) is 4.67. The predicted octanol–water partition coefficient (Wildman–Crippen LogP) is 3.17. The van der Waals surface area contributed by atoms with Crippen molar-refractivity contribution in [2.45, 2.75) is 38.0 Å². The average Bonchev–Trinajstić information content (AvgIpc) is 2.85. The molecule has 0 amide bonds. The van der Waals surface area contributed by atoms with Gasteiger partial charge < -0.3 is 5.32 Å². The Morgan fingerprint density at radius 3 is 2.86 bits per heavy atom. The van der Waals surface area contributed by atoms with Gasteiger partial charge in [-0.15, -0.1) is 11.3 Å². The molecule has 1 nitrogen and oxygen atoms in total. The van der Waals surface area contributed by atoms with Crippen LogP contribution in [0.25, 0.3) is 0 Å². The van der Waals surface area contributed by atoms with Crippen LogP contribution in [0.5, 0.6) is 0 Å². The van der Waals surface area contributed by atoms with Crippen molar-refractivity contribution < 1.29 is 0 Å². The first kappa shape index (κ1) is 10.2. The normalized spacial score (nSPS) is 17.8. The third-order valence-electron chi connectivity index (χ3n) is 3.06. The number of hydrogen-bond acceptors (Lipinski definition) is 2. The van der Waals surface area contributed by atoms with Gasteiger partial charge in [0.25, 0.3) is 0 Å². The predicted molar refractivity (Wildman–Crippen MR) is 63.2 cm³/mol. The molecule has 14 heavy (non-hydrogen) atoms. The first-order chi connectivity index (χ1) is 6.90. The van der Waals surface area contributed by atoms with Crippen LogP contribution in [0.2, 0.25) is 0 Å². The molecule has 78 valence electrons. The van der Waals surface area contributed by atoms with Gasteiger partial charge in [-0.05, 0) is 50.9 Å². The van der Waals surface area contributed by atoms with Crippen molar-refractivity contribution in [1.82, 2.24) is 5.32 Å². The van der Waals surface area contributed by atoms with Crippen molar-refractivity contribution in [2.24, 2.45) is 0 Å². The summed E-state index contributed by atoms with van der Waals surface area (Å²) in [4.78, 5) is 3.18. The highest BCUT2D eigenvalue weighted by Crippen LogP contribution is 2.37. The van der Waals surface area contributed by atoms with Gasteiger partial charge >= 0.3 is 0 Å². The zero-order valence-corrected chi connectivity index (χ0v) is 9.70. The lowest BCUT2D eigenvalue weighted by Crippen LogP contribution is -2.09. The minimum Gasteiger partial charge on any atom is -0.319 e. The summed E-state index contributed by atoms with van der Waals surface area (Å²) < 4.78 is 0. The fourth-order valence-electron chi connectivity index (χ4n) is 2.21.